The highest BCUT2D eigenvalue weighted by Gasteiger charge is 2.33. The Morgan fingerprint density at radius 3 is 2.67 bits per heavy atom. The molecule has 0 saturated carbocycles. The third-order valence-corrected chi connectivity index (χ3v) is 5.00. The van der Waals surface area contributed by atoms with Gasteiger partial charge < -0.3 is 4.57 Å². The molecular formula is C15H23NOS. The third kappa shape index (κ3) is 2.66. The molecule has 1 aliphatic carbocycles. The Balaban J connectivity index is 2.34. The van der Waals surface area contributed by atoms with Crippen LogP contribution >= 0.6 is 11.8 Å². The molecule has 3 heteroatoms. The van der Waals surface area contributed by atoms with Gasteiger partial charge in [0.05, 0.1) is 0 Å². The first-order valence-corrected chi connectivity index (χ1v) is 7.73. The average Bonchev–Trinajstić information content (AvgIpc) is 2.59. The van der Waals surface area contributed by atoms with Crippen molar-refractivity contribution >= 4 is 17.5 Å². The Bertz CT molecular complexity index is 471. The zero-order valence-corrected chi connectivity index (χ0v) is 12.9. The van der Waals surface area contributed by atoms with Crippen LogP contribution in [0.4, 0.5) is 0 Å². The normalized spacial score (nSPS) is 18.8. The van der Waals surface area contributed by atoms with E-state index in [2.05, 4.69) is 44.7 Å². The Morgan fingerprint density at radius 1 is 1.39 bits per heavy atom. The van der Waals surface area contributed by atoms with Crippen molar-refractivity contribution in [2.75, 3.05) is 6.26 Å². The summed E-state index contributed by atoms with van der Waals surface area (Å²) < 4.78 is 2.49. The SMILES string of the molecule is CSC(C)(C)Cn1ccc2c1CC(C)(C)CC2=O. The largest absolute Gasteiger partial charge is 0.349 e. The molecule has 0 bridgehead atoms. The Hall–Kier alpha value is -0.700. The number of hydrogen-bond donors (Lipinski definition) is 0. The number of aromatic nitrogens is 1. The van der Waals surface area contributed by atoms with Crippen LogP contribution in [0.15, 0.2) is 12.3 Å². The van der Waals surface area contributed by atoms with E-state index in [1.54, 1.807) is 0 Å². The van der Waals surface area contributed by atoms with Gasteiger partial charge >= 0.3 is 0 Å². The quantitative estimate of drug-likeness (QED) is 0.829. The van der Waals surface area contributed by atoms with Gasteiger partial charge in [0, 0.05) is 35.2 Å². The molecule has 100 valence electrons. The third-order valence-electron chi connectivity index (χ3n) is 3.77. The zero-order valence-electron chi connectivity index (χ0n) is 12.0. The second-order valence-electron chi connectivity index (χ2n) is 6.71. The van der Waals surface area contributed by atoms with Crippen LogP contribution in [0.3, 0.4) is 0 Å². The molecule has 2 nitrogen and oxygen atoms in total. The van der Waals surface area contributed by atoms with Gasteiger partial charge in [-0.25, -0.2) is 0 Å². The van der Waals surface area contributed by atoms with Crippen LogP contribution in [0.1, 0.15) is 50.2 Å². The predicted molar refractivity (Wildman–Crippen MR) is 78.5 cm³/mol. The number of nitrogens with zero attached hydrogens (tertiary/aromatic N) is 1. The minimum atomic E-state index is 0.101. The van der Waals surface area contributed by atoms with Gasteiger partial charge in [0.15, 0.2) is 5.78 Å². The molecule has 0 aromatic carbocycles. The monoisotopic (exact) mass is 265 g/mol. The maximum absolute atomic E-state index is 12.1. The molecule has 18 heavy (non-hydrogen) atoms. The molecule has 1 aromatic heterocycles. The summed E-state index contributed by atoms with van der Waals surface area (Å²) in [6.45, 7) is 9.84. The van der Waals surface area contributed by atoms with Crippen LogP contribution < -0.4 is 0 Å². The number of carbonyl (C=O) groups is 1. The number of rotatable bonds is 3. The molecule has 1 aliphatic rings. The molecule has 0 atom stereocenters. The lowest BCUT2D eigenvalue weighted by molar-refractivity contribution is 0.0909. The minimum Gasteiger partial charge on any atom is -0.349 e. The number of hydrogen-bond acceptors (Lipinski definition) is 2. The van der Waals surface area contributed by atoms with E-state index in [1.165, 1.54) is 5.69 Å². The fourth-order valence-electron chi connectivity index (χ4n) is 2.62. The van der Waals surface area contributed by atoms with E-state index >= 15 is 0 Å². The highest BCUT2D eigenvalue weighted by molar-refractivity contribution is 7.99. The lowest BCUT2D eigenvalue weighted by Gasteiger charge is -2.31. The Labute approximate surface area is 114 Å². The molecule has 0 amide bonds. The molecule has 1 aromatic rings. The standard InChI is InChI=1S/C15H23NOS/c1-14(2)8-12-11(13(17)9-14)6-7-16(12)10-15(3,4)18-5/h6-7H,8-10H2,1-5H3. The summed E-state index contributed by atoms with van der Waals surface area (Å²) in [5, 5.41) is 0. The van der Waals surface area contributed by atoms with Gasteiger partial charge in [-0.05, 0) is 38.0 Å². The summed E-state index contributed by atoms with van der Waals surface area (Å²) in [6.07, 6.45) is 5.91. The second kappa shape index (κ2) is 4.44. The van der Waals surface area contributed by atoms with Crippen molar-refractivity contribution in [3.05, 3.63) is 23.5 Å². The van der Waals surface area contributed by atoms with Crippen molar-refractivity contribution in [3.8, 4) is 0 Å². The fourth-order valence-corrected chi connectivity index (χ4v) is 2.89. The van der Waals surface area contributed by atoms with Gasteiger partial charge in [-0.2, -0.15) is 11.8 Å². The van der Waals surface area contributed by atoms with E-state index in [1.807, 2.05) is 17.8 Å². The van der Waals surface area contributed by atoms with Crippen molar-refractivity contribution in [1.82, 2.24) is 4.57 Å². The van der Waals surface area contributed by atoms with Crippen LogP contribution in [0.5, 0.6) is 0 Å². The van der Waals surface area contributed by atoms with E-state index < -0.39 is 0 Å². The number of Topliss-reactive ketones (excluding diaryl/α,β-unsaturated/α-hetero) is 1. The van der Waals surface area contributed by atoms with Crippen molar-refractivity contribution in [2.45, 2.75) is 51.8 Å². The van der Waals surface area contributed by atoms with Gasteiger partial charge in [0.1, 0.15) is 0 Å². The first kappa shape index (κ1) is 13.7. The lowest BCUT2D eigenvalue weighted by atomic mass is 9.76. The van der Waals surface area contributed by atoms with Crippen molar-refractivity contribution < 1.29 is 4.79 Å². The summed E-state index contributed by atoms with van der Waals surface area (Å²) >= 11 is 1.87. The van der Waals surface area contributed by atoms with Crippen molar-refractivity contribution in [1.29, 1.82) is 0 Å². The second-order valence-corrected chi connectivity index (χ2v) is 8.22. The van der Waals surface area contributed by atoms with Crippen LogP contribution in [0.25, 0.3) is 0 Å². The Kier molecular flexibility index (Phi) is 3.39. The summed E-state index contributed by atoms with van der Waals surface area (Å²) in [5.41, 5.74) is 2.29. The summed E-state index contributed by atoms with van der Waals surface area (Å²) in [4.78, 5) is 12.1. The topological polar surface area (TPSA) is 22.0 Å². The molecule has 0 aliphatic heterocycles. The van der Waals surface area contributed by atoms with Gasteiger partial charge in [-0.3, -0.25) is 4.79 Å². The molecular weight excluding hydrogens is 242 g/mol. The molecule has 2 rings (SSSR count). The van der Waals surface area contributed by atoms with E-state index in [4.69, 9.17) is 0 Å². The molecule has 1 heterocycles. The first-order chi connectivity index (χ1) is 8.24. The number of ketones is 1. The van der Waals surface area contributed by atoms with Crippen LogP contribution in [-0.2, 0) is 13.0 Å². The fraction of sp³-hybridized carbons (Fsp3) is 0.667. The van der Waals surface area contributed by atoms with E-state index in [0.29, 0.717) is 12.2 Å². The number of carbonyl (C=O) groups excluding carboxylic acids is 1. The lowest BCUT2D eigenvalue weighted by Crippen LogP contribution is -2.30. The Morgan fingerprint density at radius 2 is 2.06 bits per heavy atom. The van der Waals surface area contributed by atoms with Crippen LogP contribution in [0, 0.1) is 5.41 Å². The van der Waals surface area contributed by atoms with Crippen LogP contribution in [0.2, 0.25) is 0 Å². The summed E-state index contributed by atoms with van der Waals surface area (Å²) in [6, 6.07) is 2.00. The molecule has 0 unspecified atom stereocenters. The van der Waals surface area contributed by atoms with Crippen molar-refractivity contribution in [3.63, 3.8) is 0 Å². The summed E-state index contributed by atoms with van der Waals surface area (Å²) in [5.74, 6) is 0.307. The van der Waals surface area contributed by atoms with Gasteiger partial charge in [-0.15, -0.1) is 0 Å². The molecule has 0 spiro atoms. The maximum atomic E-state index is 12.1. The molecule has 0 saturated heterocycles. The van der Waals surface area contributed by atoms with E-state index in [-0.39, 0.29) is 10.2 Å². The highest BCUT2D eigenvalue weighted by Crippen LogP contribution is 2.36. The van der Waals surface area contributed by atoms with Gasteiger partial charge in [0.25, 0.3) is 0 Å². The summed E-state index contributed by atoms with van der Waals surface area (Å²) in [7, 11) is 0. The van der Waals surface area contributed by atoms with Crippen LogP contribution in [-0.4, -0.2) is 21.4 Å². The van der Waals surface area contributed by atoms with Gasteiger partial charge in [-0.1, -0.05) is 13.8 Å². The number of fused-ring (bicyclic) bond motifs is 1. The smallest absolute Gasteiger partial charge is 0.165 e. The molecule has 0 fully saturated rings. The molecule has 0 radical (unpaired) electrons. The van der Waals surface area contributed by atoms with E-state index in [9.17, 15) is 4.79 Å². The van der Waals surface area contributed by atoms with Gasteiger partial charge in [0.2, 0.25) is 0 Å². The van der Waals surface area contributed by atoms with Crippen molar-refractivity contribution in [2.24, 2.45) is 5.41 Å². The average molecular weight is 265 g/mol. The number of thioether (sulfide) groups is 1. The molecule has 0 N–H and O–H groups in total. The highest BCUT2D eigenvalue weighted by atomic mass is 32.2. The maximum Gasteiger partial charge on any atom is 0.165 e. The minimum absolute atomic E-state index is 0.101. The zero-order chi connectivity index (χ0) is 13.6. The predicted octanol–water partition coefficient (Wildman–Crippen LogP) is 3.78. The first-order valence-electron chi connectivity index (χ1n) is 6.50. The van der Waals surface area contributed by atoms with E-state index in [0.717, 1.165) is 18.5 Å².